The minimum Gasteiger partial charge on any atom is -0.481 e. The fourth-order valence-electron chi connectivity index (χ4n) is 1.27. The van der Waals surface area contributed by atoms with Gasteiger partial charge in [0.15, 0.2) is 0 Å². The summed E-state index contributed by atoms with van der Waals surface area (Å²) in [4.78, 5) is 19.8. The molecule has 120 valence electrons. The highest BCUT2D eigenvalue weighted by Gasteiger charge is 2.21. The van der Waals surface area contributed by atoms with Gasteiger partial charge in [0.25, 0.3) is 0 Å². The summed E-state index contributed by atoms with van der Waals surface area (Å²) in [6.07, 6.45) is -0.505. The summed E-state index contributed by atoms with van der Waals surface area (Å²) >= 11 is 0. The highest BCUT2D eigenvalue weighted by molar-refractivity contribution is 7.66. The van der Waals surface area contributed by atoms with Gasteiger partial charge in [-0.25, -0.2) is 0 Å². The van der Waals surface area contributed by atoms with Crippen LogP contribution in [0.4, 0.5) is 0 Å². The Morgan fingerprint density at radius 1 is 1.10 bits per heavy atom. The van der Waals surface area contributed by atoms with Crippen molar-refractivity contribution in [3.63, 3.8) is 0 Å². The van der Waals surface area contributed by atoms with Gasteiger partial charge in [0, 0.05) is 11.5 Å². The van der Waals surface area contributed by atoms with Gasteiger partial charge < -0.3 is 24.9 Å². The first-order chi connectivity index (χ1) is 9.94. The maximum atomic E-state index is 11.6. The molecule has 1 aromatic carbocycles. The van der Waals surface area contributed by atoms with E-state index in [9.17, 15) is 14.3 Å². The minimum absolute atomic E-state index is 0.0278. The molecule has 0 amide bonds. The van der Waals surface area contributed by atoms with Crippen LogP contribution in [0.15, 0.2) is 30.3 Å². The van der Waals surface area contributed by atoms with Gasteiger partial charge in [-0.3, -0.25) is 9.36 Å². The van der Waals surface area contributed by atoms with Gasteiger partial charge in [0.05, 0.1) is 32.8 Å². The normalized spacial score (nSPS) is 12.9. The third-order valence-corrected chi connectivity index (χ3v) is 4.19. The SMILES string of the molecule is O=C(O)CCP(=O)(O)c1ccccc1.OCCOCCO. The highest BCUT2D eigenvalue weighted by Crippen LogP contribution is 2.39. The number of carboxylic acid groups (broad SMARTS) is 1. The van der Waals surface area contributed by atoms with Crippen molar-refractivity contribution < 1.29 is 34.3 Å². The quantitative estimate of drug-likeness (QED) is 0.394. The molecule has 1 rings (SSSR count). The van der Waals surface area contributed by atoms with Crippen molar-refractivity contribution in [3.05, 3.63) is 30.3 Å². The average Bonchev–Trinajstić information content (AvgIpc) is 2.47. The average molecular weight is 320 g/mol. The van der Waals surface area contributed by atoms with Gasteiger partial charge in [0.1, 0.15) is 0 Å². The van der Waals surface area contributed by atoms with E-state index in [4.69, 9.17) is 15.3 Å². The molecule has 21 heavy (non-hydrogen) atoms. The Morgan fingerprint density at radius 3 is 2.05 bits per heavy atom. The first-order valence-corrected chi connectivity index (χ1v) is 8.17. The van der Waals surface area contributed by atoms with Crippen LogP contribution in [0.3, 0.4) is 0 Å². The molecule has 0 aliphatic carbocycles. The lowest BCUT2D eigenvalue weighted by Gasteiger charge is -2.09. The van der Waals surface area contributed by atoms with E-state index >= 15 is 0 Å². The number of hydrogen-bond donors (Lipinski definition) is 4. The van der Waals surface area contributed by atoms with Crippen LogP contribution in [0.25, 0.3) is 0 Å². The first-order valence-electron chi connectivity index (χ1n) is 6.32. The maximum absolute atomic E-state index is 11.6. The zero-order valence-electron chi connectivity index (χ0n) is 11.6. The van der Waals surface area contributed by atoms with Crippen LogP contribution in [0.5, 0.6) is 0 Å². The number of benzene rings is 1. The molecule has 0 bridgehead atoms. The van der Waals surface area contributed by atoms with Gasteiger partial charge in [-0.05, 0) is 12.1 Å². The van der Waals surface area contributed by atoms with Crippen LogP contribution < -0.4 is 5.30 Å². The molecule has 1 atom stereocenters. The van der Waals surface area contributed by atoms with Gasteiger partial charge in [-0.1, -0.05) is 18.2 Å². The molecule has 0 heterocycles. The molecule has 0 radical (unpaired) electrons. The van der Waals surface area contributed by atoms with Crippen LogP contribution in [-0.2, 0) is 14.1 Å². The van der Waals surface area contributed by atoms with Crippen molar-refractivity contribution in [2.45, 2.75) is 6.42 Å². The molecule has 8 heteroatoms. The third-order valence-electron chi connectivity index (χ3n) is 2.26. The summed E-state index contributed by atoms with van der Waals surface area (Å²) in [6, 6.07) is 8.10. The summed E-state index contributed by atoms with van der Waals surface area (Å²) in [5.41, 5.74) is 0. The molecule has 4 N–H and O–H groups in total. The first kappa shape index (κ1) is 19.8. The molecule has 0 saturated heterocycles. The van der Waals surface area contributed by atoms with Crippen LogP contribution in [0.1, 0.15) is 6.42 Å². The summed E-state index contributed by atoms with van der Waals surface area (Å²) in [5.74, 6) is -1.06. The number of aliphatic hydroxyl groups is 2. The number of aliphatic hydroxyl groups excluding tert-OH is 2. The Hall–Kier alpha value is -1.24. The van der Waals surface area contributed by atoms with Crippen LogP contribution >= 0.6 is 7.37 Å². The summed E-state index contributed by atoms with van der Waals surface area (Å²) in [6.45, 7) is 0.696. The Balaban J connectivity index is 0.000000486. The summed E-state index contributed by atoms with van der Waals surface area (Å²) in [7, 11) is -3.48. The molecule has 0 aliphatic heterocycles. The van der Waals surface area contributed by atoms with E-state index in [1.165, 1.54) is 12.1 Å². The number of hydrogen-bond acceptors (Lipinski definition) is 5. The molecular formula is C13H21O7P. The van der Waals surface area contributed by atoms with Crippen molar-refractivity contribution in [1.82, 2.24) is 0 Å². The number of aliphatic carboxylic acids is 1. The number of carboxylic acids is 1. The Morgan fingerprint density at radius 2 is 1.62 bits per heavy atom. The largest absolute Gasteiger partial charge is 0.481 e. The minimum atomic E-state index is -3.48. The van der Waals surface area contributed by atoms with Crippen molar-refractivity contribution in [3.8, 4) is 0 Å². The molecule has 0 fully saturated rings. The van der Waals surface area contributed by atoms with Gasteiger partial charge in [-0.15, -0.1) is 0 Å². The molecule has 7 nitrogen and oxygen atoms in total. The second kappa shape index (κ2) is 11.4. The monoisotopic (exact) mass is 320 g/mol. The van der Waals surface area contributed by atoms with Crippen molar-refractivity contribution >= 4 is 18.6 Å². The molecule has 1 unspecified atom stereocenters. The van der Waals surface area contributed by atoms with E-state index in [1.807, 2.05) is 0 Å². The van der Waals surface area contributed by atoms with E-state index < -0.39 is 13.3 Å². The zero-order chi connectivity index (χ0) is 16.1. The Bertz CT molecular complexity index is 431. The number of ether oxygens (including phenoxy) is 1. The summed E-state index contributed by atoms with van der Waals surface area (Å²) in [5, 5.41) is 24.9. The second-order valence-corrected chi connectivity index (χ2v) is 6.33. The third kappa shape index (κ3) is 10.2. The van der Waals surface area contributed by atoms with E-state index in [2.05, 4.69) is 4.74 Å². The van der Waals surface area contributed by atoms with Crippen molar-refractivity contribution in [1.29, 1.82) is 0 Å². The van der Waals surface area contributed by atoms with Crippen LogP contribution in [0, 0.1) is 0 Å². The van der Waals surface area contributed by atoms with Crippen LogP contribution in [0.2, 0.25) is 0 Å². The van der Waals surface area contributed by atoms with Crippen LogP contribution in [-0.4, -0.2) is 58.8 Å². The van der Waals surface area contributed by atoms with Gasteiger partial charge in [-0.2, -0.15) is 0 Å². The van der Waals surface area contributed by atoms with E-state index in [1.54, 1.807) is 18.2 Å². The Kier molecular flexibility index (Phi) is 10.7. The number of rotatable bonds is 8. The summed E-state index contributed by atoms with van der Waals surface area (Å²) < 4.78 is 16.2. The molecule has 1 aromatic rings. The fourth-order valence-corrected chi connectivity index (χ4v) is 2.66. The van der Waals surface area contributed by atoms with E-state index in [-0.39, 0.29) is 25.8 Å². The Labute approximate surface area is 123 Å². The molecular weight excluding hydrogens is 299 g/mol. The van der Waals surface area contributed by atoms with E-state index in [0.29, 0.717) is 18.5 Å². The maximum Gasteiger partial charge on any atom is 0.303 e. The zero-order valence-corrected chi connectivity index (χ0v) is 12.5. The standard InChI is InChI=1S/C9H11O4P.C4H10O3/c10-9(11)6-7-14(12,13)8-4-2-1-3-5-8;5-1-3-7-4-2-6/h1-5H,6-7H2,(H,10,11)(H,12,13);5-6H,1-4H2. The highest BCUT2D eigenvalue weighted by atomic mass is 31.2. The molecule has 0 saturated carbocycles. The topological polar surface area (TPSA) is 124 Å². The molecule has 0 aromatic heterocycles. The predicted molar refractivity (Wildman–Crippen MR) is 78.0 cm³/mol. The predicted octanol–water partition coefficient (Wildman–Crippen LogP) is 0.0446. The van der Waals surface area contributed by atoms with E-state index in [0.717, 1.165) is 0 Å². The van der Waals surface area contributed by atoms with Crippen molar-refractivity contribution in [2.75, 3.05) is 32.6 Å². The molecule has 0 spiro atoms. The van der Waals surface area contributed by atoms with Gasteiger partial charge in [0.2, 0.25) is 7.37 Å². The fraction of sp³-hybridized carbons (Fsp3) is 0.462. The second-order valence-electron chi connectivity index (χ2n) is 3.96. The smallest absolute Gasteiger partial charge is 0.303 e. The number of carbonyl (C=O) groups is 1. The lowest BCUT2D eigenvalue weighted by atomic mass is 10.4. The molecule has 0 aliphatic rings. The lowest BCUT2D eigenvalue weighted by molar-refractivity contribution is -0.136. The van der Waals surface area contributed by atoms with Crippen molar-refractivity contribution in [2.24, 2.45) is 0 Å². The van der Waals surface area contributed by atoms with Gasteiger partial charge >= 0.3 is 5.97 Å². The lowest BCUT2D eigenvalue weighted by Crippen LogP contribution is -2.09.